The van der Waals surface area contributed by atoms with E-state index in [1.165, 1.54) is 19.3 Å². The summed E-state index contributed by atoms with van der Waals surface area (Å²) in [5.41, 5.74) is 0. The third-order valence-corrected chi connectivity index (χ3v) is 4.76. The first-order valence-electron chi connectivity index (χ1n) is 8.42. The topological polar surface area (TPSA) is 71.1 Å². The molecule has 0 amide bonds. The average molecular weight is 305 g/mol. The van der Waals surface area contributed by atoms with Gasteiger partial charge in [-0.3, -0.25) is 0 Å². The molecule has 6 heteroatoms. The number of rotatable bonds is 6. The normalized spacial score (nSPS) is 26.0. The van der Waals surface area contributed by atoms with Crippen LogP contribution in [0.4, 0.5) is 11.8 Å². The van der Waals surface area contributed by atoms with Crippen LogP contribution in [0.2, 0.25) is 0 Å². The lowest BCUT2D eigenvalue weighted by Crippen LogP contribution is -2.31. The molecule has 3 rings (SSSR count). The predicted octanol–water partition coefficient (Wildman–Crippen LogP) is 1.87. The van der Waals surface area contributed by atoms with Crippen LogP contribution in [-0.4, -0.2) is 48.9 Å². The zero-order valence-electron chi connectivity index (χ0n) is 13.3. The second kappa shape index (κ2) is 7.74. The van der Waals surface area contributed by atoms with Gasteiger partial charge in [-0.05, 0) is 57.2 Å². The van der Waals surface area contributed by atoms with Gasteiger partial charge in [0, 0.05) is 19.9 Å². The number of piperidine rings is 1. The van der Waals surface area contributed by atoms with Gasteiger partial charge in [0.1, 0.15) is 5.82 Å². The quantitative estimate of drug-likeness (QED) is 0.745. The Morgan fingerprint density at radius 2 is 2.14 bits per heavy atom. The minimum Gasteiger partial charge on any atom is -0.379 e. The molecule has 2 unspecified atom stereocenters. The van der Waals surface area contributed by atoms with Crippen LogP contribution >= 0.6 is 0 Å². The zero-order chi connectivity index (χ0) is 15.2. The molecule has 2 atom stereocenters. The van der Waals surface area contributed by atoms with Gasteiger partial charge < -0.3 is 20.7 Å². The minimum absolute atomic E-state index is 0.273. The van der Waals surface area contributed by atoms with Crippen molar-refractivity contribution in [3.8, 4) is 0 Å². The van der Waals surface area contributed by atoms with E-state index in [0.29, 0.717) is 12.0 Å². The summed E-state index contributed by atoms with van der Waals surface area (Å²) in [7, 11) is 1.78. The summed E-state index contributed by atoms with van der Waals surface area (Å²) in [6.45, 7) is 3.24. The predicted molar refractivity (Wildman–Crippen MR) is 88.2 cm³/mol. The van der Waals surface area contributed by atoms with E-state index in [4.69, 9.17) is 4.74 Å². The maximum Gasteiger partial charge on any atom is 0.224 e. The van der Waals surface area contributed by atoms with Gasteiger partial charge in [-0.15, -0.1) is 0 Å². The number of methoxy groups -OCH3 is 1. The van der Waals surface area contributed by atoms with Crippen LogP contribution in [0.5, 0.6) is 0 Å². The molecular formula is C16H27N5O. The monoisotopic (exact) mass is 305 g/mol. The Morgan fingerprint density at radius 1 is 1.27 bits per heavy atom. The Morgan fingerprint density at radius 3 is 2.95 bits per heavy atom. The van der Waals surface area contributed by atoms with Crippen LogP contribution in [0.3, 0.4) is 0 Å². The molecule has 6 nitrogen and oxygen atoms in total. The first kappa shape index (κ1) is 15.5. The van der Waals surface area contributed by atoms with Crippen molar-refractivity contribution < 1.29 is 4.74 Å². The van der Waals surface area contributed by atoms with E-state index < -0.39 is 0 Å². The standard InChI is InChI=1S/C16H27N5O/c1-22-14-4-2-3-13(14)20-16-18-10-7-15(21-16)19-11-12-5-8-17-9-6-12/h7,10,12-14,17H,2-6,8-9,11H2,1H3,(H2,18,19,20,21). The smallest absolute Gasteiger partial charge is 0.224 e. The van der Waals surface area contributed by atoms with E-state index in [-0.39, 0.29) is 6.10 Å². The maximum absolute atomic E-state index is 5.51. The Labute approximate surface area is 132 Å². The van der Waals surface area contributed by atoms with Crippen molar-refractivity contribution in [1.29, 1.82) is 0 Å². The number of anilines is 2. The largest absolute Gasteiger partial charge is 0.379 e. The van der Waals surface area contributed by atoms with Crippen LogP contribution < -0.4 is 16.0 Å². The van der Waals surface area contributed by atoms with Crippen molar-refractivity contribution >= 4 is 11.8 Å². The fraction of sp³-hybridized carbons (Fsp3) is 0.750. The molecule has 2 aliphatic rings. The summed E-state index contributed by atoms with van der Waals surface area (Å²) in [6.07, 6.45) is 7.99. The molecular weight excluding hydrogens is 278 g/mol. The van der Waals surface area contributed by atoms with E-state index in [9.17, 15) is 0 Å². The number of aromatic nitrogens is 2. The highest BCUT2D eigenvalue weighted by Gasteiger charge is 2.27. The zero-order valence-corrected chi connectivity index (χ0v) is 13.3. The highest BCUT2D eigenvalue weighted by molar-refractivity contribution is 5.40. The second-order valence-corrected chi connectivity index (χ2v) is 6.30. The van der Waals surface area contributed by atoms with Gasteiger partial charge in [-0.1, -0.05) is 0 Å². The average Bonchev–Trinajstić information content (AvgIpc) is 3.01. The van der Waals surface area contributed by atoms with Crippen LogP contribution in [0, 0.1) is 5.92 Å². The molecule has 0 radical (unpaired) electrons. The Kier molecular flexibility index (Phi) is 5.45. The highest BCUT2D eigenvalue weighted by atomic mass is 16.5. The van der Waals surface area contributed by atoms with Crippen LogP contribution in [0.1, 0.15) is 32.1 Å². The number of hydrogen-bond acceptors (Lipinski definition) is 6. The van der Waals surface area contributed by atoms with Crippen molar-refractivity contribution in [3.05, 3.63) is 12.3 Å². The second-order valence-electron chi connectivity index (χ2n) is 6.30. The van der Waals surface area contributed by atoms with Gasteiger partial charge in [-0.2, -0.15) is 4.98 Å². The summed E-state index contributed by atoms with van der Waals surface area (Å²) in [4.78, 5) is 8.92. The van der Waals surface area contributed by atoms with E-state index in [2.05, 4.69) is 25.9 Å². The first-order chi connectivity index (χ1) is 10.8. The number of hydrogen-bond donors (Lipinski definition) is 3. The summed E-state index contributed by atoms with van der Waals surface area (Å²) in [5, 5.41) is 10.3. The lowest BCUT2D eigenvalue weighted by molar-refractivity contribution is 0.101. The molecule has 1 aliphatic heterocycles. The van der Waals surface area contributed by atoms with E-state index in [0.717, 1.165) is 44.2 Å². The van der Waals surface area contributed by atoms with Crippen LogP contribution in [0.25, 0.3) is 0 Å². The van der Waals surface area contributed by atoms with E-state index in [1.54, 1.807) is 7.11 Å². The molecule has 1 saturated heterocycles. The van der Waals surface area contributed by atoms with Crippen molar-refractivity contribution in [2.45, 2.75) is 44.2 Å². The molecule has 3 N–H and O–H groups in total. The fourth-order valence-electron chi connectivity index (χ4n) is 3.40. The number of nitrogens with one attached hydrogen (secondary N) is 3. The van der Waals surface area contributed by atoms with Gasteiger partial charge in [0.05, 0.1) is 12.1 Å². The van der Waals surface area contributed by atoms with Crippen molar-refractivity contribution in [2.75, 3.05) is 37.4 Å². The summed E-state index contributed by atoms with van der Waals surface area (Å²) in [5.74, 6) is 2.34. The SMILES string of the molecule is COC1CCCC1Nc1nccc(NCC2CCNCC2)n1. The van der Waals surface area contributed by atoms with Crippen molar-refractivity contribution in [3.63, 3.8) is 0 Å². The number of ether oxygens (including phenoxy) is 1. The van der Waals surface area contributed by atoms with E-state index in [1.807, 2.05) is 12.3 Å². The third-order valence-electron chi connectivity index (χ3n) is 4.76. The Bertz CT molecular complexity index is 464. The highest BCUT2D eigenvalue weighted by Crippen LogP contribution is 2.24. The van der Waals surface area contributed by atoms with Gasteiger partial charge in [0.2, 0.25) is 5.95 Å². The van der Waals surface area contributed by atoms with Gasteiger partial charge in [0.15, 0.2) is 0 Å². The fourth-order valence-corrected chi connectivity index (χ4v) is 3.40. The summed E-state index contributed by atoms with van der Waals surface area (Å²) >= 11 is 0. The maximum atomic E-state index is 5.51. The number of nitrogens with zero attached hydrogens (tertiary/aromatic N) is 2. The van der Waals surface area contributed by atoms with Gasteiger partial charge in [-0.25, -0.2) is 4.98 Å². The van der Waals surface area contributed by atoms with Crippen molar-refractivity contribution in [2.24, 2.45) is 5.92 Å². The molecule has 1 saturated carbocycles. The Balaban J connectivity index is 1.53. The lowest BCUT2D eigenvalue weighted by atomic mass is 9.98. The Hall–Kier alpha value is -1.40. The molecule has 0 aromatic carbocycles. The van der Waals surface area contributed by atoms with Crippen LogP contribution in [-0.2, 0) is 4.74 Å². The molecule has 2 heterocycles. The molecule has 122 valence electrons. The molecule has 0 bridgehead atoms. The molecule has 22 heavy (non-hydrogen) atoms. The summed E-state index contributed by atoms with van der Waals surface area (Å²) in [6, 6.07) is 2.26. The van der Waals surface area contributed by atoms with Gasteiger partial charge >= 0.3 is 0 Å². The third kappa shape index (κ3) is 4.08. The summed E-state index contributed by atoms with van der Waals surface area (Å²) < 4.78 is 5.51. The van der Waals surface area contributed by atoms with Gasteiger partial charge in [0.25, 0.3) is 0 Å². The van der Waals surface area contributed by atoms with E-state index >= 15 is 0 Å². The molecule has 0 spiro atoms. The van der Waals surface area contributed by atoms with Crippen LogP contribution in [0.15, 0.2) is 12.3 Å². The molecule has 1 aromatic rings. The molecule has 1 aromatic heterocycles. The molecule has 2 fully saturated rings. The molecule has 1 aliphatic carbocycles. The minimum atomic E-state index is 0.273. The first-order valence-corrected chi connectivity index (χ1v) is 8.42. The van der Waals surface area contributed by atoms with Crippen molar-refractivity contribution in [1.82, 2.24) is 15.3 Å². The lowest BCUT2D eigenvalue weighted by Gasteiger charge is -2.23.